The highest BCUT2D eigenvalue weighted by molar-refractivity contribution is 5.59. The molecule has 1 atom stereocenters. The van der Waals surface area contributed by atoms with Crippen LogP contribution in [-0.4, -0.2) is 13.1 Å². The van der Waals surface area contributed by atoms with E-state index in [4.69, 9.17) is 5.73 Å². The van der Waals surface area contributed by atoms with Crippen molar-refractivity contribution in [2.45, 2.75) is 18.8 Å². The third-order valence-corrected chi connectivity index (χ3v) is 2.94. The van der Waals surface area contributed by atoms with E-state index in [1.807, 2.05) is 0 Å². The number of para-hydroxylation sites is 1. The van der Waals surface area contributed by atoms with E-state index in [2.05, 4.69) is 36.5 Å². The van der Waals surface area contributed by atoms with Crippen LogP contribution in [0.25, 0.3) is 0 Å². The first-order valence-corrected chi connectivity index (χ1v) is 4.80. The molecule has 1 aromatic carbocycles. The Hall–Kier alpha value is -1.02. The SMILES string of the molecule is CC1(CCN)CNc2ccccc21. The normalized spacial score (nSPS) is 25.4. The van der Waals surface area contributed by atoms with Gasteiger partial charge in [0.15, 0.2) is 0 Å². The first-order valence-electron chi connectivity index (χ1n) is 4.80. The molecular formula is C11H16N2. The minimum atomic E-state index is 0.241. The number of fused-ring (bicyclic) bond motifs is 1. The van der Waals surface area contributed by atoms with E-state index in [1.54, 1.807) is 0 Å². The van der Waals surface area contributed by atoms with Crippen molar-refractivity contribution in [2.75, 3.05) is 18.4 Å². The zero-order valence-electron chi connectivity index (χ0n) is 8.01. The Bertz CT molecular complexity index is 305. The number of nitrogens with two attached hydrogens (primary N) is 1. The van der Waals surface area contributed by atoms with E-state index < -0.39 is 0 Å². The zero-order chi connectivity index (χ0) is 9.31. The summed E-state index contributed by atoms with van der Waals surface area (Å²) in [6.07, 6.45) is 1.05. The maximum atomic E-state index is 5.62. The fraction of sp³-hybridized carbons (Fsp3) is 0.455. The Morgan fingerprint density at radius 3 is 3.00 bits per heavy atom. The molecule has 2 heteroatoms. The average molecular weight is 176 g/mol. The number of anilines is 1. The summed E-state index contributed by atoms with van der Waals surface area (Å²) < 4.78 is 0. The second kappa shape index (κ2) is 3.04. The second-order valence-electron chi connectivity index (χ2n) is 4.00. The van der Waals surface area contributed by atoms with Crippen LogP contribution in [0.2, 0.25) is 0 Å². The van der Waals surface area contributed by atoms with Crippen LogP contribution in [0.15, 0.2) is 24.3 Å². The van der Waals surface area contributed by atoms with Crippen LogP contribution in [-0.2, 0) is 5.41 Å². The first kappa shape index (κ1) is 8.57. The molecule has 0 radical (unpaired) electrons. The van der Waals surface area contributed by atoms with Gasteiger partial charge in [-0.1, -0.05) is 25.1 Å². The van der Waals surface area contributed by atoms with Gasteiger partial charge < -0.3 is 11.1 Å². The van der Waals surface area contributed by atoms with Crippen LogP contribution < -0.4 is 11.1 Å². The molecule has 70 valence electrons. The van der Waals surface area contributed by atoms with Gasteiger partial charge in [0.1, 0.15) is 0 Å². The van der Waals surface area contributed by atoms with Crippen LogP contribution in [0, 0.1) is 0 Å². The van der Waals surface area contributed by atoms with E-state index >= 15 is 0 Å². The van der Waals surface area contributed by atoms with Gasteiger partial charge in [-0.15, -0.1) is 0 Å². The molecule has 0 saturated heterocycles. The largest absolute Gasteiger partial charge is 0.384 e. The lowest BCUT2D eigenvalue weighted by atomic mass is 9.81. The van der Waals surface area contributed by atoms with Crippen LogP contribution >= 0.6 is 0 Å². The highest BCUT2D eigenvalue weighted by Crippen LogP contribution is 2.38. The van der Waals surface area contributed by atoms with Crippen molar-refractivity contribution < 1.29 is 0 Å². The monoisotopic (exact) mass is 176 g/mol. The van der Waals surface area contributed by atoms with E-state index in [-0.39, 0.29) is 5.41 Å². The molecule has 1 aliphatic heterocycles. The second-order valence-corrected chi connectivity index (χ2v) is 4.00. The Balaban J connectivity index is 2.37. The topological polar surface area (TPSA) is 38.0 Å². The third kappa shape index (κ3) is 1.31. The fourth-order valence-corrected chi connectivity index (χ4v) is 2.09. The predicted octanol–water partition coefficient (Wildman–Crippen LogP) is 1.72. The molecule has 2 nitrogen and oxygen atoms in total. The van der Waals surface area contributed by atoms with Crippen LogP contribution in [0.4, 0.5) is 5.69 Å². The minimum Gasteiger partial charge on any atom is -0.384 e. The minimum absolute atomic E-state index is 0.241. The molecule has 1 heterocycles. The molecule has 3 N–H and O–H groups in total. The quantitative estimate of drug-likeness (QED) is 0.720. The highest BCUT2D eigenvalue weighted by atomic mass is 14.9. The van der Waals surface area contributed by atoms with Crippen molar-refractivity contribution >= 4 is 5.69 Å². The third-order valence-electron chi connectivity index (χ3n) is 2.94. The summed E-state index contributed by atoms with van der Waals surface area (Å²) in [7, 11) is 0. The van der Waals surface area contributed by atoms with Gasteiger partial charge in [-0.05, 0) is 24.6 Å². The number of nitrogens with one attached hydrogen (secondary N) is 1. The molecule has 2 rings (SSSR count). The van der Waals surface area contributed by atoms with Crippen LogP contribution in [0.1, 0.15) is 18.9 Å². The van der Waals surface area contributed by atoms with E-state index in [0.717, 1.165) is 19.5 Å². The molecule has 0 saturated carbocycles. The molecule has 0 spiro atoms. The van der Waals surface area contributed by atoms with Gasteiger partial charge in [0.25, 0.3) is 0 Å². The number of benzene rings is 1. The molecule has 1 aromatic rings. The summed E-state index contributed by atoms with van der Waals surface area (Å²) in [4.78, 5) is 0. The Kier molecular flexibility index (Phi) is 2.00. The first-order chi connectivity index (χ1) is 6.26. The van der Waals surface area contributed by atoms with Gasteiger partial charge in [-0.2, -0.15) is 0 Å². The van der Waals surface area contributed by atoms with Crippen molar-refractivity contribution in [1.82, 2.24) is 0 Å². The zero-order valence-corrected chi connectivity index (χ0v) is 8.01. The summed E-state index contributed by atoms with van der Waals surface area (Å²) in [5.41, 5.74) is 8.56. The Morgan fingerprint density at radius 1 is 1.46 bits per heavy atom. The lowest BCUT2D eigenvalue weighted by molar-refractivity contribution is 0.486. The van der Waals surface area contributed by atoms with Gasteiger partial charge in [-0.25, -0.2) is 0 Å². The van der Waals surface area contributed by atoms with E-state index in [1.165, 1.54) is 11.3 Å². The van der Waals surface area contributed by atoms with E-state index in [9.17, 15) is 0 Å². The van der Waals surface area contributed by atoms with Gasteiger partial charge in [0, 0.05) is 17.6 Å². The summed E-state index contributed by atoms with van der Waals surface area (Å²) in [5.74, 6) is 0. The van der Waals surface area contributed by atoms with Gasteiger partial charge in [-0.3, -0.25) is 0 Å². The molecule has 0 bridgehead atoms. The summed E-state index contributed by atoms with van der Waals surface area (Å²) in [6, 6.07) is 8.50. The van der Waals surface area contributed by atoms with Gasteiger partial charge in [0.05, 0.1) is 0 Å². The lowest BCUT2D eigenvalue weighted by Crippen LogP contribution is -2.27. The Morgan fingerprint density at radius 2 is 2.23 bits per heavy atom. The lowest BCUT2D eigenvalue weighted by Gasteiger charge is -2.22. The maximum Gasteiger partial charge on any atom is 0.0379 e. The van der Waals surface area contributed by atoms with Crippen LogP contribution in [0.5, 0.6) is 0 Å². The number of rotatable bonds is 2. The van der Waals surface area contributed by atoms with Crippen molar-refractivity contribution in [1.29, 1.82) is 0 Å². The molecule has 0 aromatic heterocycles. The van der Waals surface area contributed by atoms with Crippen molar-refractivity contribution in [3.05, 3.63) is 29.8 Å². The Labute approximate surface area is 79.1 Å². The fourth-order valence-electron chi connectivity index (χ4n) is 2.09. The molecule has 0 aliphatic carbocycles. The molecule has 1 aliphatic rings. The summed E-state index contributed by atoms with van der Waals surface area (Å²) in [5, 5.41) is 3.42. The maximum absolute atomic E-state index is 5.62. The molecular weight excluding hydrogens is 160 g/mol. The molecule has 0 amide bonds. The predicted molar refractivity (Wildman–Crippen MR) is 56.0 cm³/mol. The summed E-state index contributed by atoms with van der Waals surface area (Å²) in [6.45, 7) is 4.05. The number of hydrogen-bond donors (Lipinski definition) is 2. The molecule has 13 heavy (non-hydrogen) atoms. The van der Waals surface area contributed by atoms with Gasteiger partial charge in [0.2, 0.25) is 0 Å². The molecule has 1 unspecified atom stereocenters. The van der Waals surface area contributed by atoms with Gasteiger partial charge >= 0.3 is 0 Å². The summed E-state index contributed by atoms with van der Waals surface area (Å²) >= 11 is 0. The van der Waals surface area contributed by atoms with Crippen LogP contribution in [0.3, 0.4) is 0 Å². The van der Waals surface area contributed by atoms with Crippen molar-refractivity contribution in [3.8, 4) is 0 Å². The highest BCUT2D eigenvalue weighted by Gasteiger charge is 2.32. The van der Waals surface area contributed by atoms with Crippen molar-refractivity contribution in [2.24, 2.45) is 5.73 Å². The molecule has 0 fully saturated rings. The standard InChI is InChI=1S/C11H16N2/c1-11(6-7-12)8-13-10-5-3-2-4-9(10)11/h2-5,13H,6-8,12H2,1H3. The number of hydrogen-bond acceptors (Lipinski definition) is 2. The smallest absolute Gasteiger partial charge is 0.0379 e. The van der Waals surface area contributed by atoms with E-state index in [0.29, 0.717) is 0 Å². The average Bonchev–Trinajstić information content (AvgIpc) is 2.46. The van der Waals surface area contributed by atoms with Crippen molar-refractivity contribution in [3.63, 3.8) is 0 Å².